The Labute approximate surface area is 58.7 Å². The lowest BCUT2D eigenvalue weighted by Crippen LogP contribution is -2.33. The number of carbonyl (C=O) groups excluding carboxylic acids is 1. The van der Waals surface area contributed by atoms with E-state index in [-0.39, 0.29) is 18.3 Å². The first-order chi connectivity index (χ1) is 4.63. The molecule has 4 nitrogen and oxygen atoms in total. The molecule has 1 amide bonds. The summed E-state index contributed by atoms with van der Waals surface area (Å²) in [6, 6.07) is 0. The molecule has 0 aromatic rings. The Hall–Kier alpha value is -1.03. The van der Waals surface area contributed by atoms with Crippen LogP contribution in [0.4, 0.5) is 0 Å². The molecule has 0 bridgehead atoms. The van der Waals surface area contributed by atoms with E-state index in [2.05, 4.69) is 0 Å². The highest BCUT2D eigenvalue weighted by Crippen LogP contribution is 2.11. The number of carbonyl (C=O) groups is 1. The zero-order valence-electron chi connectivity index (χ0n) is 5.92. The van der Waals surface area contributed by atoms with Gasteiger partial charge in [0.25, 0.3) is 5.91 Å². The van der Waals surface area contributed by atoms with Crippen LogP contribution in [0.1, 0.15) is 6.92 Å². The summed E-state index contributed by atoms with van der Waals surface area (Å²) in [4.78, 5) is 15.7. The van der Waals surface area contributed by atoms with Gasteiger partial charge in [0.1, 0.15) is 12.4 Å². The van der Waals surface area contributed by atoms with Gasteiger partial charge >= 0.3 is 0 Å². The van der Waals surface area contributed by atoms with E-state index in [9.17, 15) is 4.79 Å². The summed E-state index contributed by atoms with van der Waals surface area (Å²) in [7, 11) is 1.51. The van der Waals surface area contributed by atoms with E-state index in [4.69, 9.17) is 9.94 Å². The van der Waals surface area contributed by atoms with E-state index in [0.29, 0.717) is 5.57 Å². The predicted octanol–water partition coefficient (Wildman–Crippen LogP) is 0.222. The molecule has 0 atom stereocenters. The number of hydrogen-bond donors (Lipinski definition) is 1. The van der Waals surface area contributed by atoms with Crippen molar-refractivity contribution >= 4 is 5.91 Å². The van der Waals surface area contributed by atoms with Crippen LogP contribution in [-0.4, -0.2) is 29.7 Å². The summed E-state index contributed by atoms with van der Waals surface area (Å²) in [6.07, 6.45) is 0. The number of likely N-dealkylation sites (N-methyl/N-ethyl adjacent to an activating group) is 1. The number of hydrogen-bond acceptors (Lipinski definition) is 3. The molecule has 0 aliphatic carbocycles. The van der Waals surface area contributed by atoms with Gasteiger partial charge in [-0.15, -0.1) is 0 Å². The second kappa shape index (κ2) is 2.30. The Bertz CT molecular complexity index is 197. The number of amides is 1. The van der Waals surface area contributed by atoms with E-state index >= 15 is 0 Å². The van der Waals surface area contributed by atoms with Crippen molar-refractivity contribution in [3.05, 3.63) is 11.3 Å². The lowest BCUT2D eigenvalue weighted by atomic mass is 10.2. The third kappa shape index (κ3) is 0.974. The first-order valence-electron chi connectivity index (χ1n) is 2.92. The van der Waals surface area contributed by atoms with Gasteiger partial charge in [-0.25, -0.2) is 5.06 Å². The van der Waals surface area contributed by atoms with Crippen LogP contribution in [0, 0.1) is 0 Å². The highest BCUT2D eigenvalue weighted by Gasteiger charge is 2.21. The number of rotatable bonds is 0. The van der Waals surface area contributed by atoms with Gasteiger partial charge in [-0.3, -0.25) is 9.63 Å². The molecule has 0 saturated carbocycles. The molecule has 4 heteroatoms. The van der Waals surface area contributed by atoms with Gasteiger partial charge in [0.2, 0.25) is 0 Å². The van der Waals surface area contributed by atoms with Gasteiger partial charge < -0.3 is 5.11 Å². The monoisotopic (exact) mass is 143 g/mol. The molecule has 1 N–H and O–H groups in total. The molecule has 0 spiro atoms. The summed E-state index contributed by atoms with van der Waals surface area (Å²) >= 11 is 0. The van der Waals surface area contributed by atoms with E-state index in [1.165, 1.54) is 7.05 Å². The second-order valence-electron chi connectivity index (χ2n) is 2.15. The van der Waals surface area contributed by atoms with Crippen LogP contribution in [-0.2, 0) is 9.63 Å². The number of aliphatic hydroxyl groups is 1. The highest BCUT2D eigenvalue weighted by molar-refractivity contribution is 5.92. The molecule has 1 rings (SSSR count). The summed E-state index contributed by atoms with van der Waals surface area (Å²) in [6.45, 7) is 1.66. The minimum Gasteiger partial charge on any atom is -0.509 e. The molecular weight excluding hydrogens is 134 g/mol. The maximum absolute atomic E-state index is 10.9. The molecule has 56 valence electrons. The SMILES string of the molecule is CC1=C(O)CON(C)C1=O. The minimum atomic E-state index is -0.288. The standard InChI is InChI=1S/C6H9NO3/c1-4-5(8)3-10-7(2)6(4)9/h8H,3H2,1-2H3. The number of hydroxylamine groups is 2. The Morgan fingerprint density at radius 1 is 1.70 bits per heavy atom. The fourth-order valence-electron chi connectivity index (χ4n) is 0.684. The maximum Gasteiger partial charge on any atom is 0.276 e. The smallest absolute Gasteiger partial charge is 0.276 e. The van der Waals surface area contributed by atoms with Gasteiger partial charge in [0, 0.05) is 7.05 Å². The molecule has 0 fully saturated rings. The first-order valence-corrected chi connectivity index (χ1v) is 2.92. The molecular formula is C6H9NO3. The average Bonchev–Trinajstić information content (AvgIpc) is 1.93. The van der Waals surface area contributed by atoms with Crippen molar-refractivity contribution in [3.63, 3.8) is 0 Å². The zero-order chi connectivity index (χ0) is 7.72. The van der Waals surface area contributed by atoms with Crippen LogP contribution in [0.5, 0.6) is 0 Å². The first kappa shape index (κ1) is 7.08. The van der Waals surface area contributed by atoms with Crippen LogP contribution in [0.2, 0.25) is 0 Å². The number of nitrogens with zero attached hydrogens (tertiary/aromatic N) is 1. The lowest BCUT2D eigenvalue weighted by molar-refractivity contribution is -0.178. The normalized spacial score (nSPS) is 20.2. The van der Waals surface area contributed by atoms with Gasteiger partial charge in [-0.1, -0.05) is 0 Å². The van der Waals surface area contributed by atoms with Crippen molar-refractivity contribution in [1.82, 2.24) is 5.06 Å². The summed E-state index contributed by atoms with van der Waals surface area (Å²) in [5.41, 5.74) is 0.355. The van der Waals surface area contributed by atoms with Crippen molar-refractivity contribution in [3.8, 4) is 0 Å². The van der Waals surface area contributed by atoms with Crippen molar-refractivity contribution < 1.29 is 14.7 Å². The van der Waals surface area contributed by atoms with Gasteiger partial charge in [0.05, 0.1) is 5.57 Å². The fraction of sp³-hybridized carbons (Fsp3) is 0.500. The molecule has 0 radical (unpaired) electrons. The van der Waals surface area contributed by atoms with Crippen molar-refractivity contribution in [2.45, 2.75) is 6.92 Å². The predicted molar refractivity (Wildman–Crippen MR) is 34.1 cm³/mol. The third-order valence-corrected chi connectivity index (χ3v) is 1.43. The third-order valence-electron chi connectivity index (χ3n) is 1.43. The van der Waals surface area contributed by atoms with Crippen molar-refractivity contribution in [2.24, 2.45) is 0 Å². The Morgan fingerprint density at radius 2 is 2.30 bits per heavy atom. The van der Waals surface area contributed by atoms with Crippen LogP contribution in [0.3, 0.4) is 0 Å². The van der Waals surface area contributed by atoms with Crippen LogP contribution in [0.25, 0.3) is 0 Å². The van der Waals surface area contributed by atoms with E-state index in [1.54, 1.807) is 6.92 Å². The molecule has 1 aliphatic heterocycles. The Balaban J connectivity index is 2.88. The maximum atomic E-state index is 10.9. The number of aliphatic hydroxyl groups excluding tert-OH is 1. The molecule has 0 aromatic carbocycles. The van der Waals surface area contributed by atoms with Crippen molar-refractivity contribution in [2.75, 3.05) is 13.7 Å². The van der Waals surface area contributed by atoms with E-state index in [1.807, 2.05) is 0 Å². The largest absolute Gasteiger partial charge is 0.509 e. The summed E-state index contributed by atoms with van der Waals surface area (Å²) in [5.74, 6) is -0.271. The van der Waals surface area contributed by atoms with Crippen LogP contribution >= 0.6 is 0 Å². The minimum absolute atomic E-state index is 0.0168. The zero-order valence-corrected chi connectivity index (χ0v) is 5.92. The lowest BCUT2D eigenvalue weighted by Gasteiger charge is -2.22. The second-order valence-corrected chi connectivity index (χ2v) is 2.15. The fourth-order valence-corrected chi connectivity index (χ4v) is 0.684. The van der Waals surface area contributed by atoms with Gasteiger partial charge in [-0.05, 0) is 6.92 Å². The molecule has 0 saturated heterocycles. The van der Waals surface area contributed by atoms with Gasteiger partial charge in [-0.2, -0.15) is 0 Å². The van der Waals surface area contributed by atoms with Crippen LogP contribution < -0.4 is 0 Å². The Kier molecular flexibility index (Phi) is 1.63. The molecule has 1 aliphatic rings. The summed E-state index contributed by atoms with van der Waals surface area (Å²) in [5, 5.41) is 10.1. The summed E-state index contributed by atoms with van der Waals surface area (Å²) < 4.78 is 0. The highest BCUT2D eigenvalue weighted by atomic mass is 16.7. The topological polar surface area (TPSA) is 49.8 Å². The van der Waals surface area contributed by atoms with Gasteiger partial charge in [0.15, 0.2) is 0 Å². The van der Waals surface area contributed by atoms with E-state index < -0.39 is 0 Å². The van der Waals surface area contributed by atoms with Crippen LogP contribution in [0.15, 0.2) is 11.3 Å². The Morgan fingerprint density at radius 3 is 2.80 bits per heavy atom. The molecule has 0 unspecified atom stereocenters. The van der Waals surface area contributed by atoms with E-state index in [0.717, 1.165) is 5.06 Å². The average molecular weight is 143 g/mol. The molecule has 10 heavy (non-hydrogen) atoms. The molecule has 1 heterocycles. The quantitative estimate of drug-likeness (QED) is 0.527. The molecule has 0 aromatic heterocycles. The van der Waals surface area contributed by atoms with Crippen molar-refractivity contribution in [1.29, 1.82) is 0 Å².